The summed E-state index contributed by atoms with van der Waals surface area (Å²) in [5.41, 5.74) is 2.53. The number of benzene rings is 2. The molecule has 0 fully saturated rings. The van der Waals surface area contributed by atoms with Crippen molar-refractivity contribution in [3.8, 4) is 0 Å². The first-order chi connectivity index (χ1) is 11.7. The molecule has 2 aromatic rings. The van der Waals surface area contributed by atoms with E-state index in [0.29, 0.717) is 5.56 Å². The molecule has 0 heterocycles. The summed E-state index contributed by atoms with van der Waals surface area (Å²) >= 11 is 0. The minimum Gasteiger partial charge on any atom is -0.465 e. The predicted molar refractivity (Wildman–Crippen MR) is 86.7 cm³/mol. The van der Waals surface area contributed by atoms with Gasteiger partial charge in [0.05, 0.1) is 17.6 Å². The molecule has 132 valence electrons. The number of halogens is 1. The summed E-state index contributed by atoms with van der Waals surface area (Å²) in [5.74, 6) is -1.97. The number of hydrogen-bond donors (Lipinski definition) is 2. The quantitative estimate of drug-likeness (QED) is 0.617. The van der Waals surface area contributed by atoms with Crippen LogP contribution in [0.4, 0.5) is 4.39 Å². The number of carbonyl (C=O) groups is 2. The monoisotopic (exact) mass is 366 g/mol. The fourth-order valence-corrected chi connectivity index (χ4v) is 3.09. The van der Waals surface area contributed by atoms with Gasteiger partial charge in [-0.15, -0.1) is 4.83 Å². The van der Waals surface area contributed by atoms with Crippen LogP contribution < -0.4 is 10.3 Å². The van der Waals surface area contributed by atoms with Crippen LogP contribution in [0, 0.1) is 12.7 Å². The van der Waals surface area contributed by atoms with Gasteiger partial charge in [-0.2, -0.15) is 0 Å². The number of ether oxygens (including phenoxy) is 1. The van der Waals surface area contributed by atoms with Crippen molar-refractivity contribution in [2.75, 3.05) is 7.11 Å². The smallest absolute Gasteiger partial charge is 0.337 e. The van der Waals surface area contributed by atoms with E-state index < -0.39 is 27.7 Å². The van der Waals surface area contributed by atoms with Gasteiger partial charge >= 0.3 is 5.97 Å². The van der Waals surface area contributed by atoms with Crippen molar-refractivity contribution >= 4 is 21.9 Å². The molecular weight excluding hydrogens is 351 g/mol. The van der Waals surface area contributed by atoms with E-state index >= 15 is 0 Å². The Morgan fingerprint density at radius 2 is 1.64 bits per heavy atom. The maximum absolute atomic E-state index is 12.8. The van der Waals surface area contributed by atoms with Crippen LogP contribution in [-0.4, -0.2) is 27.4 Å². The Labute approximate surface area is 143 Å². The number of aryl methyl sites for hydroxylation is 1. The van der Waals surface area contributed by atoms with E-state index in [4.69, 9.17) is 0 Å². The van der Waals surface area contributed by atoms with E-state index in [0.717, 1.165) is 18.2 Å². The van der Waals surface area contributed by atoms with Gasteiger partial charge < -0.3 is 4.74 Å². The standard InChI is InChI=1S/C16H15FN2O5S/c1-10-3-4-12(16(21)24-2)9-14(10)25(22,23)19-18-15(20)11-5-7-13(17)8-6-11/h3-9,19H,1-2H3,(H,18,20). The third kappa shape index (κ3) is 4.40. The Morgan fingerprint density at radius 1 is 1.04 bits per heavy atom. The highest BCUT2D eigenvalue weighted by Gasteiger charge is 2.20. The number of hydrogen-bond acceptors (Lipinski definition) is 5. The number of hydrazine groups is 1. The van der Waals surface area contributed by atoms with Gasteiger partial charge in [-0.3, -0.25) is 10.2 Å². The van der Waals surface area contributed by atoms with Crippen molar-refractivity contribution in [3.05, 3.63) is 65.0 Å². The van der Waals surface area contributed by atoms with E-state index in [1.165, 1.54) is 38.3 Å². The Bertz CT molecular complexity index is 911. The average Bonchev–Trinajstić information content (AvgIpc) is 2.60. The Morgan fingerprint density at radius 3 is 2.24 bits per heavy atom. The van der Waals surface area contributed by atoms with E-state index in [2.05, 4.69) is 4.74 Å². The zero-order chi connectivity index (χ0) is 18.6. The molecule has 9 heteroatoms. The fraction of sp³-hybridized carbons (Fsp3) is 0.125. The van der Waals surface area contributed by atoms with Crippen LogP contribution in [0.25, 0.3) is 0 Å². The minimum absolute atomic E-state index is 0.0540. The molecule has 0 saturated heterocycles. The van der Waals surface area contributed by atoms with Gasteiger partial charge in [-0.05, 0) is 48.9 Å². The van der Waals surface area contributed by atoms with Gasteiger partial charge in [0.25, 0.3) is 15.9 Å². The number of carbonyl (C=O) groups excluding carboxylic acids is 2. The average molecular weight is 366 g/mol. The van der Waals surface area contributed by atoms with Crippen molar-refractivity contribution in [1.82, 2.24) is 10.3 Å². The largest absolute Gasteiger partial charge is 0.465 e. The van der Waals surface area contributed by atoms with Crippen LogP contribution in [0.3, 0.4) is 0 Å². The van der Waals surface area contributed by atoms with E-state index in [1.807, 2.05) is 10.3 Å². The molecule has 0 saturated carbocycles. The van der Waals surface area contributed by atoms with Crippen LogP contribution in [0.15, 0.2) is 47.4 Å². The molecule has 0 aliphatic carbocycles. The lowest BCUT2D eigenvalue weighted by molar-refractivity contribution is 0.0600. The van der Waals surface area contributed by atoms with Gasteiger partial charge in [-0.25, -0.2) is 17.6 Å². The number of rotatable bonds is 5. The van der Waals surface area contributed by atoms with Gasteiger partial charge in [0.15, 0.2) is 0 Å². The SMILES string of the molecule is COC(=O)c1ccc(C)c(S(=O)(=O)NNC(=O)c2ccc(F)cc2)c1. The molecule has 0 atom stereocenters. The van der Waals surface area contributed by atoms with Crippen LogP contribution in [0.5, 0.6) is 0 Å². The summed E-state index contributed by atoms with van der Waals surface area (Å²) < 4.78 is 42.1. The van der Waals surface area contributed by atoms with Crippen LogP contribution in [-0.2, 0) is 14.8 Å². The van der Waals surface area contributed by atoms with Crippen molar-refractivity contribution in [3.63, 3.8) is 0 Å². The normalized spacial score (nSPS) is 11.0. The third-order valence-electron chi connectivity index (χ3n) is 3.30. The molecule has 1 amide bonds. The maximum Gasteiger partial charge on any atom is 0.337 e. The van der Waals surface area contributed by atoms with Crippen molar-refractivity contribution in [2.24, 2.45) is 0 Å². The summed E-state index contributed by atoms with van der Waals surface area (Å²) in [5, 5.41) is 0. The number of nitrogens with one attached hydrogen (secondary N) is 2. The summed E-state index contributed by atoms with van der Waals surface area (Å²) in [6, 6.07) is 8.60. The third-order valence-corrected chi connectivity index (χ3v) is 4.69. The second-order valence-corrected chi connectivity index (χ2v) is 6.69. The molecule has 0 unspecified atom stereocenters. The predicted octanol–water partition coefficient (Wildman–Crippen LogP) is 1.54. The summed E-state index contributed by atoms with van der Waals surface area (Å²) in [6.45, 7) is 1.54. The van der Waals surface area contributed by atoms with Crippen molar-refractivity contribution < 1.29 is 27.1 Å². The van der Waals surface area contributed by atoms with Crippen LogP contribution >= 0.6 is 0 Å². The summed E-state index contributed by atoms with van der Waals surface area (Å²) in [4.78, 5) is 25.2. The topological polar surface area (TPSA) is 102 Å². The molecule has 2 aromatic carbocycles. The van der Waals surface area contributed by atoms with Crippen LogP contribution in [0.2, 0.25) is 0 Å². The molecule has 0 spiro atoms. The molecule has 2 N–H and O–H groups in total. The van der Waals surface area contributed by atoms with E-state index in [9.17, 15) is 22.4 Å². The zero-order valence-corrected chi connectivity index (χ0v) is 14.2. The van der Waals surface area contributed by atoms with E-state index in [-0.39, 0.29) is 16.0 Å². The highest BCUT2D eigenvalue weighted by atomic mass is 32.2. The number of esters is 1. The molecule has 0 aliphatic rings. The number of amides is 1. The van der Waals surface area contributed by atoms with Crippen molar-refractivity contribution in [2.45, 2.75) is 11.8 Å². The van der Waals surface area contributed by atoms with E-state index in [1.54, 1.807) is 0 Å². The van der Waals surface area contributed by atoms with Gasteiger partial charge in [0, 0.05) is 5.56 Å². The molecule has 0 aromatic heterocycles. The number of methoxy groups -OCH3 is 1. The van der Waals surface area contributed by atoms with Gasteiger partial charge in [-0.1, -0.05) is 6.07 Å². The Hall–Kier alpha value is -2.78. The van der Waals surface area contributed by atoms with Gasteiger partial charge in [0.2, 0.25) is 0 Å². The summed E-state index contributed by atoms with van der Waals surface area (Å²) in [6.07, 6.45) is 0. The zero-order valence-electron chi connectivity index (χ0n) is 13.4. The molecule has 0 bridgehead atoms. The highest BCUT2D eigenvalue weighted by molar-refractivity contribution is 7.89. The first-order valence-electron chi connectivity index (χ1n) is 7.01. The highest BCUT2D eigenvalue weighted by Crippen LogP contribution is 2.17. The minimum atomic E-state index is -4.13. The molecule has 2 rings (SSSR count). The van der Waals surface area contributed by atoms with Gasteiger partial charge in [0.1, 0.15) is 5.82 Å². The molecule has 0 radical (unpaired) electrons. The van der Waals surface area contributed by atoms with Crippen molar-refractivity contribution in [1.29, 1.82) is 0 Å². The summed E-state index contributed by atoms with van der Waals surface area (Å²) in [7, 11) is -2.95. The molecule has 25 heavy (non-hydrogen) atoms. The van der Waals surface area contributed by atoms with Crippen LogP contribution in [0.1, 0.15) is 26.3 Å². The first kappa shape index (κ1) is 18.6. The fourth-order valence-electron chi connectivity index (χ4n) is 1.98. The lowest BCUT2D eigenvalue weighted by Crippen LogP contribution is -2.41. The second-order valence-electron chi connectivity index (χ2n) is 5.04. The molecular formula is C16H15FN2O5S. The molecule has 0 aliphatic heterocycles. The maximum atomic E-state index is 12.8. The lowest BCUT2D eigenvalue weighted by Gasteiger charge is -2.11. The Balaban J connectivity index is 2.20. The molecule has 7 nitrogen and oxygen atoms in total. The number of sulfonamides is 1. The second kappa shape index (κ2) is 7.41. The first-order valence-corrected chi connectivity index (χ1v) is 8.49. The Kier molecular flexibility index (Phi) is 5.50. The lowest BCUT2D eigenvalue weighted by atomic mass is 10.1.